The summed E-state index contributed by atoms with van der Waals surface area (Å²) in [6.07, 6.45) is 3.19. The Hall–Kier alpha value is -4.53. The van der Waals surface area contributed by atoms with Crippen molar-refractivity contribution in [1.82, 2.24) is 20.0 Å². The van der Waals surface area contributed by atoms with Crippen molar-refractivity contribution in [2.75, 3.05) is 31.6 Å². The highest BCUT2D eigenvalue weighted by Gasteiger charge is 2.25. The number of nitro benzene ring substituents is 1. The van der Waals surface area contributed by atoms with E-state index in [1.165, 1.54) is 30.5 Å². The number of aromatic amines is 1. The third-order valence-corrected chi connectivity index (χ3v) is 7.30. The van der Waals surface area contributed by atoms with Gasteiger partial charge >= 0.3 is 0 Å². The third-order valence-electron chi connectivity index (χ3n) is 5.98. The summed E-state index contributed by atoms with van der Waals surface area (Å²) in [6.45, 7) is 2.04. The number of fused-ring (bicyclic) bond motifs is 1. The molecule has 1 aliphatic rings. The number of hydrogen-bond donors (Lipinski definition) is 4. The number of nitrogens with one attached hydrogen (secondary N) is 4. The number of hydrogen-bond acceptors (Lipinski definition) is 10. The van der Waals surface area contributed by atoms with Gasteiger partial charge in [-0.3, -0.25) is 14.9 Å². The first-order chi connectivity index (χ1) is 18.8. The van der Waals surface area contributed by atoms with Gasteiger partial charge in [-0.05, 0) is 36.4 Å². The number of ether oxygens (including phenoxy) is 2. The molecule has 4 N–H and O–H groups in total. The topological polar surface area (TPSA) is 178 Å². The van der Waals surface area contributed by atoms with Gasteiger partial charge in [-0.1, -0.05) is 12.1 Å². The van der Waals surface area contributed by atoms with Crippen LogP contribution < -0.4 is 20.1 Å². The maximum absolute atomic E-state index is 13.0. The highest BCUT2D eigenvalue weighted by Crippen LogP contribution is 2.29. The van der Waals surface area contributed by atoms with Crippen LogP contribution in [0.3, 0.4) is 0 Å². The average Bonchev–Trinajstić information content (AvgIpc) is 3.40. The summed E-state index contributed by atoms with van der Waals surface area (Å²) >= 11 is 0. The summed E-state index contributed by atoms with van der Waals surface area (Å²) in [4.78, 5) is 30.8. The van der Waals surface area contributed by atoms with Crippen molar-refractivity contribution < 1.29 is 27.6 Å². The van der Waals surface area contributed by atoms with Crippen LogP contribution in [0, 0.1) is 10.1 Å². The van der Waals surface area contributed by atoms with Crippen LogP contribution in [0.5, 0.6) is 11.5 Å². The van der Waals surface area contributed by atoms with Crippen molar-refractivity contribution in [1.29, 1.82) is 0 Å². The first-order valence-electron chi connectivity index (χ1n) is 11.9. The zero-order valence-electron chi connectivity index (χ0n) is 20.4. The molecule has 0 radical (unpaired) electrons. The largest absolute Gasteiger partial charge is 0.455 e. The fourth-order valence-corrected chi connectivity index (χ4v) is 5.03. The van der Waals surface area contributed by atoms with Gasteiger partial charge < -0.3 is 25.1 Å². The fraction of sp³-hybridized carbons (Fsp3) is 0.200. The van der Waals surface area contributed by atoms with Gasteiger partial charge in [0.25, 0.3) is 21.6 Å². The zero-order chi connectivity index (χ0) is 27.4. The molecular weight excluding hydrogens is 528 g/mol. The van der Waals surface area contributed by atoms with E-state index >= 15 is 0 Å². The van der Waals surface area contributed by atoms with Crippen LogP contribution in [0.25, 0.3) is 11.0 Å². The number of pyridine rings is 1. The van der Waals surface area contributed by atoms with E-state index < -0.39 is 31.4 Å². The van der Waals surface area contributed by atoms with Crippen LogP contribution >= 0.6 is 0 Å². The normalized spacial score (nSPS) is 15.5. The van der Waals surface area contributed by atoms with Gasteiger partial charge in [-0.15, -0.1) is 0 Å². The molecule has 5 rings (SSSR count). The van der Waals surface area contributed by atoms with Gasteiger partial charge in [0.2, 0.25) is 0 Å². The van der Waals surface area contributed by atoms with Crippen molar-refractivity contribution in [2.24, 2.45) is 0 Å². The lowest BCUT2D eigenvalue weighted by Gasteiger charge is -2.24. The monoisotopic (exact) mass is 552 g/mol. The van der Waals surface area contributed by atoms with Crippen LogP contribution in [0.4, 0.5) is 11.4 Å². The first kappa shape index (κ1) is 26.1. The number of carbonyl (C=O) groups is 1. The Morgan fingerprint density at radius 3 is 2.85 bits per heavy atom. The van der Waals surface area contributed by atoms with Crippen LogP contribution in [-0.4, -0.2) is 61.6 Å². The standard InChI is InChI=1S/C25H24N6O7S/c32-25(20-3-1-2-4-23(20)38-18-11-16-7-8-27-24(16)29-14-18)30-39(35,36)19-5-6-21(22(12-19)31(33)34)28-13-17-15-37-10-9-26-17/h1-8,11-12,14,17,26,28H,9-10,13,15H2,(H,27,29)(H,30,32). The second kappa shape index (κ2) is 11.1. The predicted molar refractivity (Wildman–Crippen MR) is 141 cm³/mol. The third kappa shape index (κ3) is 5.98. The van der Waals surface area contributed by atoms with Crippen LogP contribution in [0.2, 0.25) is 0 Å². The van der Waals surface area contributed by atoms with Gasteiger partial charge in [-0.2, -0.15) is 0 Å². The summed E-state index contributed by atoms with van der Waals surface area (Å²) in [7, 11) is -4.46. The number of sulfonamides is 1. The van der Waals surface area contributed by atoms with Gasteiger partial charge in [0.15, 0.2) is 0 Å². The van der Waals surface area contributed by atoms with E-state index in [1.807, 2.05) is 10.8 Å². The average molecular weight is 553 g/mol. The molecule has 1 aliphatic heterocycles. The number of rotatable bonds is 9. The molecule has 0 spiro atoms. The molecule has 1 amide bonds. The number of aromatic nitrogens is 2. The van der Waals surface area contributed by atoms with E-state index in [4.69, 9.17) is 9.47 Å². The number of anilines is 1. The number of para-hydroxylation sites is 1. The summed E-state index contributed by atoms with van der Waals surface area (Å²) in [5.74, 6) is -0.513. The predicted octanol–water partition coefficient (Wildman–Crippen LogP) is 2.78. The summed E-state index contributed by atoms with van der Waals surface area (Å²) < 4.78 is 39.2. The SMILES string of the molecule is O=C(NS(=O)(=O)c1ccc(NCC2COCCN2)c([N+](=O)[O-])c1)c1ccccc1Oc1cnc2[nH]ccc2c1. The van der Waals surface area contributed by atoms with E-state index in [9.17, 15) is 23.3 Å². The van der Waals surface area contributed by atoms with E-state index in [0.29, 0.717) is 37.7 Å². The fourth-order valence-electron chi connectivity index (χ4n) is 4.04. The Balaban J connectivity index is 1.33. The van der Waals surface area contributed by atoms with Crippen LogP contribution in [0.1, 0.15) is 10.4 Å². The maximum Gasteiger partial charge on any atom is 0.293 e. The number of carbonyl (C=O) groups excluding carboxylic acids is 1. The van der Waals surface area contributed by atoms with Crippen molar-refractivity contribution >= 4 is 38.3 Å². The number of amides is 1. The van der Waals surface area contributed by atoms with E-state index in [0.717, 1.165) is 11.5 Å². The summed E-state index contributed by atoms with van der Waals surface area (Å²) in [6, 6.07) is 13.0. The lowest BCUT2D eigenvalue weighted by Crippen LogP contribution is -2.45. The molecule has 2 aromatic heterocycles. The molecule has 1 fully saturated rings. The summed E-state index contributed by atoms with van der Waals surface area (Å²) in [5.41, 5.74) is 0.308. The molecule has 1 saturated heterocycles. The maximum atomic E-state index is 13.0. The molecule has 13 nitrogen and oxygen atoms in total. The number of nitro groups is 1. The molecule has 202 valence electrons. The Bertz CT molecular complexity index is 1630. The second-order valence-corrected chi connectivity index (χ2v) is 10.3. The summed E-state index contributed by atoms with van der Waals surface area (Å²) in [5, 5.41) is 18.7. The Morgan fingerprint density at radius 2 is 2.05 bits per heavy atom. The Morgan fingerprint density at radius 1 is 1.21 bits per heavy atom. The highest BCUT2D eigenvalue weighted by molar-refractivity contribution is 7.90. The molecule has 0 bridgehead atoms. The molecule has 14 heteroatoms. The number of nitrogens with zero attached hydrogens (tertiary/aromatic N) is 2. The molecule has 2 aromatic carbocycles. The van der Waals surface area contributed by atoms with Gasteiger partial charge in [0.05, 0.1) is 34.8 Å². The van der Waals surface area contributed by atoms with Crippen molar-refractivity contribution in [2.45, 2.75) is 10.9 Å². The molecule has 39 heavy (non-hydrogen) atoms. The number of benzene rings is 2. The van der Waals surface area contributed by atoms with Crippen molar-refractivity contribution in [3.05, 3.63) is 82.7 Å². The molecule has 1 atom stereocenters. The van der Waals surface area contributed by atoms with Crippen molar-refractivity contribution in [3.8, 4) is 11.5 Å². The second-order valence-electron chi connectivity index (χ2n) is 8.66. The lowest BCUT2D eigenvalue weighted by atomic mass is 10.2. The molecule has 4 aromatic rings. The molecule has 1 unspecified atom stereocenters. The van der Waals surface area contributed by atoms with Crippen molar-refractivity contribution in [3.63, 3.8) is 0 Å². The first-order valence-corrected chi connectivity index (χ1v) is 13.4. The van der Waals surface area contributed by atoms with Gasteiger partial charge in [0, 0.05) is 36.8 Å². The molecule has 3 heterocycles. The Kier molecular flexibility index (Phi) is 7.40. The Labute approximate surface area is 222 Å². The number of morpholine rings is 1. The molecule has 0 saturated carbocycles. The molecular formula is C25H24N6O7S. The lowest BCUT2D eigenvalue weighted by molar-refractivity contribution is -0.384. The van der Waals surface area contributed by atoms with E-state index in [-0.39, 0.29) is 23.0 Å². The van der Waals surface area contributed by atoms with E-state index in [1.54, 1.807) is 24.4 Å². The van der Waals surface area contributed by atoms with Crippen LogP contribution in [0.15, 0.2) is 71.9 Å². The van der Waals surface area contributed by atoms with Crippen LogP contribution in [-0.2, 0) is 14.8 Å². The van der Waals surface area contributed by atoms with E-state index in [2.05, 4.69) is 20.6 Å². The quantitative estimate of drug-likeness (QED) is 0.178. The smallest absolute Gasteiger partial charge is 0.293 e. The minimum Gasteiger partial charge on any atom is -0.455 e. The minimum atomic E-state index is -4.46. The molecule has 0 aliphatic carbocycles. The minimum absolute atomic E-state index is 0.0507. The zero-order valence-corrected chi connectivity index (χ0v) is 21.2. The van der Waals surface area contributed by atoms with Gasteiger partial charge in [-0.25, -0.2) is 18.1 Å². The van der Waals surface area contributed by atoms with Gasteiger partial charge in [0.1, 0.15) is 22.8 Å². The number of H-pyrrole nitrogens is 1. The highest BCUT2D eigenvalue weighted by atomic mass is 32.2.